The SMILES string of the molecule is COc1ccc(CN2CC(=O)N(c3ccc(Oc4ccnc5cc(OCCCN6CCOCC6)c(OC)cc45)c(F)c3)C2=O)cc1. The van der Waals surface area contributed by atoms with Crippen LogP contribution in [0.15, 0.2) is 66.9 Å². The van der Waals surface area contributed by atoms with E-state index in [4.69, 9.17) is 23.7 Å². The Kier molecular flexibility index (Phi) is 9.46. The van der Waals surface area contributed by atoms with Gasteiger partial charge in [-0.2, -0.15) is 0 Å². The minimum Gasteiger partial charge on any atom is -0.497 e. The molecule has 4 aromatic rings. The van der Waals surface area contributed by atoms with Gasteiger partial charge in [0.2, 0.25) is 0 Å². The lowest BCUT2D eigenvalue weighted by molar-refractivity contribution is -0.116. The molecule has 3 heterocycles. The molecule has 2 aliphatic heterocycles. The highest BCUT2D eigenvalue weighted by Gasteiger charge is 2.37. The Labute approximate surface area is 266 Å². The number of nitrogens with zero attached hydrogens (tertiary/aromatic N) is 4. The summed E-state index contributed by atoms with van der Waals surface area (Å²) in [6, 6.07) is 15.8. The van der Waals surface area contributed by atoms with Gasteiger partial charge in [-0.1, -0.05) is 12.1 Å². The zero-order valence-corrected chi connectivity index (χ0v) is 25.7. The number of benzene rings is 3. The van der Waals surface area contributed by atoms with Gasteiger partial charge in [0, 0.05) is 49.9 Å². The number of hydrogen-bond acceptors (Lipinski definition) is 9. The first-order chi connectivity index (χ1) is 22.4. The number of methoxy groups -OCH3 is 2. The van der Waals surface area contributed by atoms with Crippen LogP contribution >= 0.6 is 0 Å². The van der Waals surface area contributed by atoms with E-state index in [1.54, 1.807) is 50.7 Å². The molecule has 3 amide bonds. The highest BCUT2D eigenvalue weighted by Crippen LogP contribution is 2.38. The second-order valence-electron chi connectivity index (χ2n) is 10.9. The molecule has 1 aromatic heterocycles. The molecule has 2 saturated heterocycles. The minimum absolute atomic E-state index is 0.0761. The van der Waals surface area contributed by atoms with Gasteiger partial charge < -0.3 is 28.6 Å². The number of imide groups is 1. The molecule has 0 saturated carbocycles. The molecule has 2 fully saturated rings. The summed E-state index contributed by atoms with van der Waals surface area (Å²) in [6.45, 7) is 4.90. The monoisotopic (exact) mass is 630 g/mol. The van der Waals surface area contributed by atoms with Crippen molar-refractivity contribution in [3.63, 3.8) is 0 Å². The van der Waals surface area contributed by atoms with Gasteiger partial charge in [0.25, 0.3) is 5.91 Å². The van der Waals surface area contributed by atoms with Crippen LogP contribution in [-0.2, 0) is 16.1 Å². The molecule has 2 aliphatic rings. The molecular formula is C34H35FN4O7. The maximum absolute atomic E-state index is 15.4. The van der Waals surface area contributed by atoms with Gasteiger partial charge in [0.15, 0.2) is 23.1 Å². The number of anilines is 1. The smallest absolute Gasteiger partial charge is 0.332 e. The van der Waals surface area contributed by atoms with Crippen LogP contribution in [0.4, 0.5) is 14.9 Å². The van der Waals surface area contributed by atoms with E-state index < -0.39 is 17.8 Å². The van der Waals surface area contributed by atoms with Gasteiger partial charge >= 0.3 is 6.03 Å². The quantitative estimate of drug-likeness (QED) is 0.153. The molecule has 240 valence electrons. The zero-order chi connectivity index (χ0) is 32.0. The summed E-state index contributed by atoms with van der Waals surface area (Å²) >= 11 is 0. The fraction of sp³-hybridized carbons (Fsp3) is 0.324. The molecule has 11 nitrogen and oxygen atoms in total. The van der Waals surface area contributed by atoms with Crippen LogP contribution in [0, 0.1) is 5.82 Å². The first-order valence-corrected chi connectivity index (χ1v) is 15.1. The average Bonchev–Trinajstić information content (AvgIpc) is 3.36. The Morgan fingerprint density at radius 2 is 1.70 bits per heavy atom. The van der Waals surface area contributed by atoms with Crippen molar-refractivity contribution in [3.8, 4) is 28.7 Å². The summed E-state index contributed by atoms with van der Waals surface area (Å²) in [5, 5.41) is 0.600. The van der Waals surface area contributed by atoms with Crippen molar-refractivity contribution in [1.82, 2.24) is 14.8 Å². The number of fused-ring (bicyclic) bond motifs is 1. The number of pyridine rings is 1. The topological polar surface area (TPSA) is 103 Å². The maximum atomic E-state index is 15.4. The molecule has 0 aliphatic carbocycles. The molecule has 0 spiro atoms. The van der Waals surface area contributed by atoms with Gasteiger partial charge in [-0.15, -0.1) is 0 Å². The first-order valence-electron chi connectivity index (χ1n) is 15.1. The van der Waals surface area contributed by atoms with Crippen molar-refractivity contribution in [1.29, 1.82) is 0 Å². The maximum Gasteiger partial charge on any atom is 0.332 e. The summed E-state index contributed by atoms with van der Waals surface area (Å²) in [4.78, 5) is 35.1. The lowest BCUT2D eigenvalue weighted by atomic mass is 10.1. The third kappa shape index (κ3) is 6.82. The van der Waals surface area contributed by atoms with Crippen LogP contribution in [0.2, 0.25) is 0 Å². The highest BCUT2D eigenvalue weighted by molar-refractivity contribution is 6.19. The fourth-order valence-electron chi connectivity index (χ4n) is 5.49. The predicted octanol–water partition coefficient (Wildman–Crippen LogP) is 5.25. The van der Waals surface area contributed by atoms with E-state index in [0.717, 1.165) is 55.8 Å². The number of urea groups is 1. The van der Waals surface area contributed by atoms with Crippen LogP contribution < -0.4 is 23.8 Å². The Hall–Kier alpha value is -4.94. The first kappa shape index (κ1) is 31.1. The van der Waals surface area contributed by atoms with Gasteiger partial charge in [-0.25, -0.2) is 14.1 Å². The van der Waals surface area contributed by atoms with Crippen LogP contribution in [0.1, 0.15) is 12.0 Å². The third-order valence-electron chi connectivity index (χ3n) is 7.93. The summed E-state index contributed by atoms with van der Waals surface area (Å²) in [5.74, 6) is 0.841. The Morgan fingerprint density at radius 1 is 0.891 bits per heavy atom. The predicted molar refractivity (Wildman–Crippen MR) is 168 cm³/mol. The number of hydrogen-bond donors (Lipinski definition) is 0. The largest absolute Gasteiger partial charge is 0.497 e. The molecular weight excluding hydrogens is 595 g/mol. The highest BCUT2D eigenvalue weighted by atomic mass is 19.1. The van der Waals surface area contributed by atoms with Crippen molar-refractivity contribution < 1.29 is 37.7 Å². The van der Waals surface area contributed by atoms with Crippen molar-refractivity contribution in [2.75, 3.05) is 65.1 Å². The van der Waals surface area contributed by atoms with E-state index in [2.05, 4.69) is 9.88 Å². The summed E-state index contributed by atoms with van der Waals surface area (Å²) in [6.07, 6.45) is 2.42. The molecule has 0 unspecified atom stereocenters. The van der Waals surface area contributed by atoms with Crippen molar-refractivity contribution in [2.24, 2.45) is 0 Å². The van der Waals surface area contributed by atoms with E-state index in [1.165, 1.54) is 17.0 Å². The molecule has 0 bridgehead atoms. The molecule has 6 rings (SSSR count). The molecule has 12 heteroatoms. The Balaban J connectivity index is 1.14. The number of carbonyl (C=O) groups is 2. The number of carbonyl (C=O) groups excluding carboxylic acids is 2. The van der Waals surface area contributed by atoms with Gasteiger partial charge in [0.1, 0.15) is 18.0 Å². The number of amides is 3. The number of ether oxygens (including phenoxy) is 5. The van der Waals surface area contributed by atoms with E-state index in [1.807, 2.05) is 12.1 Å². The summed E-state index contributed by atoms with van der Waals surface area (Å²) < 4.78 is 43.6. The zero-order valence-electron chi connectivity index (χ0n) is 25.7. The van der Waals surface area contributed by atoms with E-state index >= 15 is 4.39 Å². The summed E-state index contributed by atoms with van der Waals surface area (Å²) in [7, 11) is 3.12. The number of aromatic nitrogens is 1. The van der Waals surface area contributed by atoms with Gasteiger partial charge in [0.05, 0.1) is 45.2 Å². The summed E-state index contributed by atoms with van der Waals surface area (Å²) in [5.41, 5.74) is 1.54. The third-order valence-corrected chi connectivity index (χ3v) is 7.93. The molecule has 0 N–H and O–H groups in total. The lowest BCUT2D eigenvalue weighted by Gasteiger charge is -2.26. The normalized spacial score (nSPS) is 15.5. The van der Waals surface area contributed by atoms with Crippen LogP contribution in [0.5, 0.6) is 28.7 Å². The average molecular weight is 631 g/mol. The Morgan fingerprint density at radius 3 is 2.43 bits per heavy atom. The van der Waals surface area contributed by atoms with Crippen molar-refractivity contribution in [2.45, 2.75) is 13.0 Å². The van der Waals surface area contributed by atoms with Crippen molar-refractivity contribution >= 4 is 28.5 Å². The minimum atomic E-state index is -0.733. The van der Waals surface area contributed by atoms with Crippen LogP contribution in [0.3, 0.4) is 0 Å². The van der Waals surface area contributed by atoms with Crippen molar-refractivity contribution in [3.05, 3.63) is 78.2 Å². The molecule has 46 heavy (non-hydrogen) atoms. The Bertz CT molecular complexity index is 1710. The number of rotatable bonds is 12. The standard InChI is InChI=1S/C34H35FN4O7/c1-42-25-7-4-23(5-8-25)21-38-22-33(40)39(34(38)41)24-6-9-30(27(35)18-24)46-29-10-11-36-28-20-32(31(43-2)19-26(28)29)45-15-3-12-37-13-16-44-17-14-37/h4-11,18-20H,3,12-17,21-22H2,1-2H3. The molecule has 3 aromatic carbocycles. The van der Waals surface area contributed by atoms with Crippen LogP contribution in [-0.4, -0.2) is 86.9 Å². The van der Waals surface area contributed by atoms with E-state index in [9.17, 15) is 9.59 Å². The van der Waals surface area contributed by atoms with E-state index in [0.29, 0.717) is 40.5 Å². The number of morpholine rings is 1. The fourth-order valence-corrected chi connectivity index (χ4v) is 5.49. The molecule has 0 atom stereocenters. The van der Waals surface area contributed by atoms with Gasteiger partial charge in [-0.3, -0.25) is 14.7 Å². The second kappa shape index (κ2) is 14.0. The van der Waals surface area contributed by atoms with Crippen LogP contribution in [0.25, 0.3) is 10.9 Å². The number of halogens is 1. The molecule has 0 radical (unpaired) electrons. The lowest BCUT2D eigenvalue weighted by Crippen LogP contribution is -2.37. The van der Waals surface area contributed by atoms with Gasteiger partial charge in [-0.05, 0) is 48.4 Å². The van der Waals surface area contributed by atoms with E-state index in [-0.39, 0.29) is 24.5 Å². The second-order valence-corrected chi connectivity index (χ2v) is 10.9.